The first-order valence-corrected chi connectivity index (χ1v) is 10.1. The van der Waals surface area contributed by atoms with Crippen LogP contribution in [0.15, 0.2) is 9.66 Å². The van der Waals surface area contributed by atoms with Gasteiger partial charge in [-0.1, -0.05) is 19.9 Å². The highest BCUT2D eigenvalue weighted by molar-refractivity contribution is 14.1. The van der Waals surface area contributed by atoms with Crippen molar-refractivity contribution < 1.29 is 10.2 Å². The molecule has 0 saturated heterocycles. The van der Waals surface area contributed by atoms with E-state index in [4.69, 9.17) is 0 Å². The Morgan fingerprint density at radius 1 is 1.09 bits per heavy atom. The van der Waals surface area contributed by atoms with Gasteiger partial charge in [0, 0.05) is 11.8 Å². The summed E-state index contributed by atoms with van der Waals surface area (Å²) in [5.41, 5.74) is -0.203. The predicted octanol–water partition coefficient (Wildman–Crippen LogP) is 4.43. The highest BCUT2D eigenvalue weighted by Crippen LogP contribution is 2.67. The number of halogens is 1. The van der Waals surface area contributed by atoms with Crippen molar-refractivity contribution in [3.05, 3.63) is 9.66 Å². The van der Waals surface area contributed by atoms with Crippen LogP contribution in [0.3, 0.4) is 0 Å². The van der Waals surface area contributed by atoms with Crippen molar-refractivity contribution in [1.82, 2.24) is 0 Å². The minimum atomic E-state index is -0.626. The molecule has 0 bridgehead atoms. The van der Waals surface area contributed by atoms with Crippen LogP contribution in [-0.4, -0.2) is 21.9 Å². The molecule has 0 aromatic rings. The van der Waals surface area contributed by atoms with E-state index >= 15 is 0 Å². The Balaban J connectivity index is 1.67. The Labute approximate surface area is 147 Å². The average molecular weight is 416 g/mol. The Kier molecular flexibility index (Phi) is 3.57. The molecule has 0 aromatic heterocycles. The zero-order chi connectivity index (χ0) is 15.8. The fraction of sp³-hybridized carbons (Fsp3) is 0.895. The lowest BCUT2D eigenvalue weighted by atomic mass is 9.43. The van der Waals surface area contributed by atoms with Crippen LogP contribution < -0.4 is 0 Å². The first kappa shape index (κ1) is 15.9. The lowest BCUT2D eigenvalue weighted by molar-refractivity contribution is -0.216. The maximum atomic E-state index is 11.3. The van der Waals surface area contributed by atoms with Gasteiger partial charge in [0.25, 0.3) is 0 Å². The van der Waals surface area contributed by atoms with Gasteiger partial charge in [0.1, 0.15) is 0 Å². The van der Waals surface area contributed by atoms with Crippen molar-refractivity contribution in [3.8, 4) is 0 Å². The molecule has 0 radical (unpaired) electrons. The van der Waals surface area contributed by atoms with Crippen molar-refractivity contribution in [1.29, 1.82) is 0 Å². The van der Waals surface area contributed by atoms with E-state index in [9.17, 15) is 10.2 Å². The molecule has 0 heterocycles. The van der Waals surface area contributed by atoms with Gasteiger partial charge in [0.05, 0.1) is 11.7 Å². The topological polar surface area (TPSA) is 40.5 Å². The number of fused-ring (bicyclic) bond motifs is 5. The summed E-state index contributed by atoms with van der Waals surface area (Å²) in [4.78, 5) is 0. The number of hydrogen-bond donors (Lipinski definition) is 2. The maximum absolute atomic E-state index is 11.3. The van der Waals surface area contributed by atoms with Gasteiger partial charge >= 0.3 is 0 Å². The van der Waals surface area contributed by atoms with Gasteiger partial charge in [-0.05, 0) is 94.3 Å². The van der Waals surface area contributed by atoms with Crippen LogP contribution in [0.1, 0.15) is 65.2 Å². The molecule has 124 valence electrons. The van der Waals surface area contributed by atoms with Crippen LogP contribution in [0.25, 0.3) is 0 Å². The molecular formula is C19H29IO2. The lowest BCUT2D eigenvalue weighted by Crippen LogP contribution is -2.62. The first-order chi connectivity index (χ1) is 10.3. The molecule has 3 heteroatoms. The molecule has 7 atom stereocenters. The van der Waals surface area contributed by atoms with Crippen LogP contribution in [-0.2, 0) is 0 Å². The van der Waals surface area contributed by atoms with Gasteiger partial charge in [-0.15, -0.1) is 0 Å². The van der Waals surface area contributed by atoms with Gasteiger partial charge < -0.3 is 10.2 Å². The van der Waals surface area contributed by atoms with E-state index in [-0.39, 0.29) is 11.5 Å². The van der Waals surface area contributed by atoms with Crippen LogP contribution in [0.4, 0.5) is 0 Å². The number of allylic oxidation sites excluding steroid dienone is 2. The third-order valence-electron chi connectivity index (χ3n) is 8.27. The fourth-order valence-corrected chi connectivity index (χ4v) is 7.67. The highest BCUT2D eigenvalue weighted by Gasteiger charge is 2.63. The fourth-order valence-electron chi connectivity index (χ4n) is 6.74. The molecule has 0 spiro atoms. The van der Waals surface area contributed by atoms with Crippen LogP contribution in [0, 0.1) is 28.6 Å². The summed E-state index contributed by atoms with van der Waals surface area (Å²) >= 11 is 2.57. The molecule has 4 aliphatic carbocycles. The third-order valence-corrected chi connectivity index (χ3v) is 9.94. The van der Waals surface area contributed by atoms with E-state index in [1.165, 1.54) is 19.3 Å². The molecule has 3 fully saturated rings. The second-order valence-corrected chi connectivity index (χ2v) is 10.2. The van der Waals surface area contributed by atoms with Crippen LogP contribution in [0.5, 0.6) is 0 Å². The van der Waals surface area contributed by atoms with E-state index in [0.29, 0.717) is 17.8 Å². The molecular weight excluding hydrogens is 387 g/mol. The molecule has 0 amide bonds. The summed E-state index contributed by atoms with van der Waals surface area (Å²) in [6.07, 6.45) is 10.5. The normalized spacial score (nSPS) is 57.6. The van der Waals surface area contributed by atoms with Gasteiger partial charge in [-0.25, -0.2) is 0 Å². The second kappa shape index (κ2) is 4.95. The largest absolute Gasteiger partial charge is 0.393 e. The van der Waals surface area contributed by atoms with Crippen LogP contribution >= 0.6 is 22.6 Å². The van der Waals surface area contributed by atoms with E-state index in [2.05, 4.69) is 42.5 Å². The molecule has 4 rings (SSSR count). The average Bonchev–Trinajstić information content (AvgIpc) is 2.76. The molecule has 22 heavy (non-hydrogen) atoms. The number of hydrogen-bond acceptors (Lipinski definition) is 2. The van der Waals surface area contributed by atoms with Crippen molar-refractivity contribution in [2.24, 2.45) is 28.6 Å². The Hall–Kier alpha value is 0.390. The van der Waals surface area contributed by atoms with Crippen molar-refractivity contribution in [2.45, 2.75) is 76.9 Å². The maximum Gasteiger partial charge on any atom is 0.0728 e. The smallest absolute Gasteiger partial charge is 0.0728 e. The van der Waals surface area contributed by atoms with Gasteiger partial charge in [-0.3, -0.25) is 0 Å². The van der Waals surface area contributed by atoms with E-state index in [1.54, 1.807) is 3.58 Å². The molecule has 3 saturated carbocycles. The monoisotopic (exact) mass is 416 g/mol. The van der Waals surface area contributed by atoms with Crippen molar-refractivity contribution in [3.63, 3.8) is 0 Å². The zero-order valence-electron chi connectivity index (χ0n) is 13.8. The molecule has 2 nitrogen and oxygen atoms in total. The minimum absolute atomic E-state index is 0.0184. The standard InChI is InChI=1S/C19H29IO2/c1-17-8-7-15-13(14(17)3-4-16(17)20)6-10-19(22)11-12(21)5-9-18(15,19)2/h4,12-15,21-22H,3,5-11H2,1-2H3/t12-,13-,14-,15-,17-,18+,19+/m0/s1. The molecule has 0 aliphatic heterocycles. The van der Waals surface area contributed by atoms with Gasteiger partial charge in [0.2, 0.25) is 0 Å². The third kappa shape index (κ3) is 1.91. The summed E-state index contributed by atoms with van der Waals surface area (Å²) in [7, 11) is 0. The SMILES string of the molecule is C[C@]12CC[C@H]3[C@@H](CC[C@@]4(O)C[C@@H](O)CC[C@]34C)[C@@H]1CC=C2I. The van der Waals surface area contributed by atoms with E-state index < -0.39 is 5.60 Å². The summed E-state index contributed by atoms with van der Waals surface area (Å²) in [6.45, 7) is 4.82. The molecule has 0 aromatic carbocycles. The van der Waals surface area contributed by atoms with Gasteiger partial charge in [-0.2, -0.15) is 0 Å². The molecule has 0 unspecified atom stereocenters. The Bertz CT molecular complexity index is 518. The van der Waals surface area contributed by atoms with E-state index in [1.807, 2.05) is 0 Å². The zero-order valence-corrected chi connectivity index (χ0v) is 16.0. The number of aliphatic hydroxyl groups excluding tert-OH is 1. The summed E-state index contributed by atoms with van der Waals surface area (Å²) in [5.74, 6) is 2.20. The number of rotatable bonds is 0. The second-order valence-electron chi connectivity index (χ2n) is 9.01. The van der Waals surface area contributed by atoms with Crippen molar-refractivity contribution in [2.75, 3.05) is 0 Å². The summed E-state index contributed by atoms with van der Waals surface area (Å²) in [6, 6.07) is 0. The predicted molar refractivity (Wildman–Crippen MR) is 96.7 cm³/mol. The Morgan fingerprint density at radius 3 is 2.64 bits per heavy atom. The highest BCUT2D eigenvalue weighted by atomic mass is 127. The van der Waals surface area contributed by atoms with Crippen molar-refractivity contribution >= 4 is 22.6 Å². The minimum Gasteiger partial charge on any atom is -0.393 e. The lowest BCUT2D eigenvalue weighted by Gasteiger charge is -2.63. The van der Waals surface area contributed by atoms with Crippen LogP contribution in [0.2, 0.25) is 0 Å². The molecule has 4 aliphatic rings. The van der Waals surface area contributed by atoms with Gasteiger partial charge in [0.15, 0.2) is 0 Å². The molecule has 2 N–H and O–H groups in total. The van der Waals surface area contributed by atoms with E-state index in [0.717, 1.165) is 37.5 Å². The quantitative estimate of drug-likeness (QED) is 0.574. The number of aliphatic hydroxyl groups is 2. The summed E-state index contributed by atoms with van der Waals surface area (Å²) in [5, 5.41) is 21.4. The summed E-state index contributed by atoms with van der Waals surface area (Å²) < 4.78 is 1.58. The first-order valence-electron chi connectivity index (χ1n) is 9.07. The Morgan fingerprint density at radius 2 is 1.86 bits per heavy atom.